The number of carbonyl (C=O) groups is 1. The van der Waals surface area contributed by atoms with E-state index in [0.29, 0.717) is 38.8 Å². The zero-order chi connectivity index (χ0) is 22.1. The van der Waals surface area contributed by atoms with Gasteiger partial charge in [-0.1, -0.05) is 0 Å². The van der Waals surface area contributed by atoms with Crippen LogP contribution in [0.5, 0.6) is 0 Å². The Balaban J connectivity index is 1.63. The number of nitro groups is 1. The third-order valence-electron chi connectivity index (χ3n) is 5.11. The van der Waals surface area contributed by atoms with Crippen LogP contribution in [0.15, 0.2) is 24.3 Å². The van der Waals surface area contributed by atoms with Gasteiger partial charge in [-0.3, -0.25) is 19.6 Å². The van der Waals surface area contributed by atoms with E-state index in [0.717, 1.165) is 23.5 Å². The number of carbonyl (C=O) groups excluding carboxylic acids is 1. The molecule has 0 N–H and O–H groups in total. The number of hydrogen-bond donors (Lipinski definition) is 0. The number of halogens is 3. The highest BCUT2D eigenvalue weighted by atomic mass is 19.4. The summed E-state index contributed by atoms with van der Waals surface area (Å²) >= 11 is 0. The number of anilines is 1. The van der Waals surface area contributed by atoms with E-state index in [1.807, 2.05) is 19.9 Å². The minimum Gasteiger partial charge on any atom is -0.362 e. The predicted octanol–water partition coefficient (Wildman–Crippen LogP) is 3.17. The molecule has 11 heteroatoms. The fourth-order valence-corrected chi connectivity index (χ4v) is 3.57. The molecule has 0 bridgehead atoms. The molecule has 1 amide bonds. The molecule has 2 heterocycles. The number of piperazine rings is 1. The van der Waals surface area contributed by atoms with Crippen molar-refractivity contribution in [3.05, 3.63) is 51.3 Å². The molecule has 0 radical (unpaired) electrons. The zero-order valence-electron chi connectivity index (χ0n) is 16.6. The maximum absolute atomic E-state index is 12.9. The molecular weight excluding hydrogens is 403 g/mol. The number of rotatable bonds is 5. The Kier molecular flexibility index (Phi) is 5.99. The molecule has 0 unspecified atom stereocenters. The minimum absolute atomic E-state index is 0.0517. The van der Waals surface area contributed by atoms with Crippen LogP contribution in [0.3, 0.4) is 0 Å². The lowest BCUT2D eigenvalue weighted by molar-refractivity contribution is -0.384. The van der Waals surface area contributed by atoms with Crippen molar-refractivity contribution in [2.45, 2.75) is 33.0 Å². The average Bonchev–Trinajstić information content (AvgIpc) is 3.02. The van der Waals surface area contributed by atoms with Gasteiger partial charge in [-0.25, -0.2) is 0 Å². The van der Waals surface area contributed by atoms with Gasteiger partial charge in [0.25, 0.3) is 5.69 Å². The Morgan fingerprint density at radius 3 is 2.37 bits per heavy atom. The fraction of sp³-hybridized carbons (Fsp3) is 0.474. The Bertz CT molecular complexity index is 949. The van der Waals surface area contributed by atoms with Crippen LogP contribution in [-0.4, -0.2) is 51.7 Å². The van der Waals surface area contributed by atoms with Gasteiger partial charge in [0, 0.05) is 50.9 Å². The Morgan fingerprint density at radius 2 is 1.83 bits per heavy atom. The van der Waals surface area contributed by atoms with Gasteiger partial charge < -0.3 is 9.80 Å². The molecule has 1 aromatic heterocycles. The molecule has 1 aromatic carbocycles. The second kappa shape index (κ2) is 8.33. The zero-order valence-corrected chi connectivity index (χ0v) is 16.6. The predicted molar refractivity (Wildman–Crippen MR) is 103 cm³/mol. The van der Waals surface area contributed by atoms with E-state index in [4.69, 9.17) is 0 Å². The Hall–Kier alpha value is -3.11. The second-order valence-corrected chi connectivity index (χ2v) is 7.23. The van der Waals surface area contributed by atoms with Gasteiger partial charge in [0.05, 0.1) is 16.2 Å². The third-order valence-corrected chi connectivity index (χ3v) is 5.11. The molecule has 0 spiro atoms. The molecule has 8 nitrogen and oxygen atoms in total. The van der Waals surface area contributed by atoms with Gasteiger partial charge >= 0.3 is 6.18 Å². The maximum Gasteiger partial charge on any atom is 0.416 e. The lowest BCUT2D eigenvalue weighted by Gasteiger charge is -2.36. The summed E-state index contributed by atoms with van der Waals surface area (Å²) in [6.07, 6.45) is -4.37. The molecule has 0 saturated carbocycles. The quantitative estimate of drug-likeness (QED) is 0.543. The topological polar surface area (TPSA) is 84.5 Å². The number of nitrogens with zero attached hydrogens (tertiary/aromatic N) is 5. The summed E-state index contributed by atoms with van der Waals surface area (Å²) < 4.78 is 40.4. The highest BCUT2D eigenvalue weighted by Crippen LogP contribution is 2.36. The van der Waals surface area contributed by atoms with Crippen molar-refractivity contribution in [1.82, 2.24) is 14.7 Å². The highest BCUT2D eigenvalue weighted by molar-refractivity contribution is 5.76. The van der Waals surface area contributed by atoms with Crippen molar-refractivity contribution in [2.24, 2.45) is 0 Å². The third kappa shape index (κ3) is 4.71. The number of alkyl halides is 3. The van der Waals surface area contributed by atoms with Crippen molar-refractivity contribution >= 4 is 17.3 Å². The number of aromatic nitrogens is 2. The number of aryl methyl sites for hydroxylation is 3. The number of amides is 1. The molecule has 1 saturated heterocycles. The number of hydrogen-bond acceptors (Lipinski definition) is 5. The lowest BCUT2D eigenvalue weighted by atomic mass is 10.1. The van der Waals surface area contributed by atoms with Crippen molar-refractivity contribution in [1.29, 1.82) is 0 Å². The van der Waals surface area contributed by atoms with Crippen molar-refractivity contribution < 1.29 is 22.9 Å². The van der Waals surface area contributed by atoms with Crippen LogP contribution in [0.2, 0.25) is 0 Å². The van der Waals surface area contributed by atoms with Crippen LogP contribution in [0, 0.1) is 24.0 Å². The second-order valence-electron chi connectivity index (χ2n) is 7.23. The number of benzene rings is 1. The summed E-state index contributed by atoms with van der Waals surface area (Å²) in [4.78, 5) is 26.3. The normalized spacial score (nSPS) is 14.8. The standard InChI is InChI=1S/C19H22F3N5O3/c1-13-11-14(2)26(23-13)6-5-18(28)25-9-7-24(8-10-25)16-4-3-15(19(20,21)22)12-17(16)27(29)30/h3-4,11-12H,5-10H2,1-2H3. The summed E-state index contributed by atoms with van der Waals surface area (Å²) in [6.45, 7) is 5.55. The first-order valence-electron chi connectivity index (χ1n) is 9.45. The van der Waals surface area contributed by atoms with Crippen LogP contribution in [-0.2, 0) is 17.5 Å². The minimum atomic E-state index is -4.65. The highest BCUT2D eigenvalue weighted by Gasteiger charge is 2.34. The lowest BCUT2D eigenvalue weighted by Crippen LogP contribution is -2.49. The molecule has 2 aromatic rings. The molecule has 1 aliphatic rings. The summed E-state index contributed by atoms with van der Waals surface area (Å²) in [7, 11) is 0. The van der Waals surface area contributed by atoms with Crippen molar-refractivity contribution in [3.63, 3.8) is 0 Å². The van der Waals surface area contributed by atoms with Crippen LogP contribution in [0.25, 0.3) is 0 Å². The van der Waals surface area contributed by atoms with E-state index in [1.54, 1.807) is 14.5 Å². The van der Waals surface area contributed by atoms with Crippen molar-refractivity contribution in [3.8, 4) is 0 Å². The van der Waals surface area contributed by atoms with E-state index in [1.165, 1.54) is 0 Å². The molecule has 0 aliphatic carbocycles. The molecular formula is C19H22F3N5O3. The molecule has 0 atom stereocenters. The van der Waals surface area contributed by atoms with E-state index >= 15 is 0 Å². The van der Waals surface area contributed by atoms with E-state index < -0.39 is 22.4 Å². The average molecular weight is 425 g/mol. The number of nitro benzene ring substituents is 1. The smallest absolute Gasteiger partial charge is 0.362 e. The summed E-state index contributed by atoms with van der Waals surface area (Å²) in [5.74, 6) is -0.0517. The monoisotopic (exact) mass is 425 g/mol. The van der Waals surface area contributed by atoms with E-state index in [2.05, 4.69) is 5.10 Å². The van der Waals surface area contributed by atoms with Gasteiger partial charge in [-0.05, 0) is 32.0 Å². The molecule has 3 rings (SSSR count). The Labute approximate surface area is 171 Å². The van der Waals surface area contributed by atoms with Gasteiger partial charge in [0.15, 0.2) is 0 Å². The first-order valence-corrected chi connectivity index (χ1v) is 9.45. The van der Waals surface area contributed by atoms with Crippen LogP contribution in [0.4, 0.5) is 24.5 Å². The molecule has 30 heavy (non-hydrogen) atoms. The van der Waals surface area contributed by atoms with Crippen LogP contribution < -0.4 is 4.90 Å². The summed E-state index contributed by atoms with van der Waals surface area (Å²) in [6, 6.07) is 4.46. The van der Waals surface area contributed by atoms with Gasteiger partial charge in [0.1, 0.15) is 5.69 Å². The summed E-state index contributed by atoms with van der Waals surface area (Å²) in [5, 5.41) is 15.6. The van der Waals surface area contributed by atoms with E-state index in [-0.39, 0.29) is 18.0 Å². The van der Waals surface area contributed by atoms with Crippen LogP contribution >= 0.6 is 0 Å². The molecule has 1 aliphatic heterocycles. The first-order chi connectivity index (χ1) is 14.1. The molecule has 1 fully saturated rings. The van der Waals surface area contributed by atoms with Crippen LogP contribution in [0.1, 0.15) is 23.4 Å². The summed E-state index contributed by atoms with van der Waals surface area (Å²) in [5.41, 5.74) is 0.333. The van der Waals surface area contributed by atoms with Crippen molar-refractivity contribution in [2.75, 3.05) is 31.1 Å². The first kappa shape index (κ1) is 21.6. The van der Waals surface area contributed by atoms with Gasteiger partial charge in [-0.15, -0.1) is 0 Å². The SMILES string of the molecule is Cc1cc(C)n(CCC(=O)N2CCN(c3ccc(C(F)(F)F)cc3[N+](=O)[O-])CC2)n1. The molecule has 162 valence electrons. The fourth-order valence-electron chi connectivity index (χ4n) is 3.57. The van der Waals surface area contributed by atoms with Gasteiger partial charge in [-0.2, -0.15) is 18.3 Å². The Morgan fingerprint density at radius 1 is 1.17 bits per heavy atom. The van der Waals surface area contributed by atoms with E-state index in [9.17, 15) is 28.1 Å². The largest absolute Gasteiger partial charge is 0.416 e. The maximum atomic E-state index is 12.9. The van der Waals surface area contributed by atoms with Gasteiger partial charge in [0.2, 0.25) is 5.91 Å².